The number of hydrogen-bond donors (Lipinski definition) is 1. The van der Waals surface area contributed by atoms with Crippen molar-refractivity contribution in [2.24, 2.45) is 17.8 Å². The fraction of sp³-hybridized carbons (Fsp3) is 0.900. The molecular weight excluding hydrogens is 134 g/mol. The lowest BCUT2D eigenvalue weighted by molar-refractivity contribution is 0.363. The summed E-state index contributed by atoms with van der Waals surface area (Å²) in [5.74, 6) is 2.03. The molecule has 0 aliphatic heterocycles. The van der Waals surface area contributed by atoms with Crippen LogP contribution in [-0.4, -0.2) is 5.71 Å². The Kier molecular flexibility index (Phi) is 2.69. The second-order valence-electron chi connectivity index (χ2n) is 4.26. The van der Waals surface area contributed by atoms with E-state index in [0.717, 1.165) is 18.1 Å². The minimum atomic E-state index is 0.589. The molecule has 2 unspecified atom stereocenters. The second kappa shape index (κ2) is 3.38. The van der Waals surface area contributed by atoms with Crippen LogP contribution in [0.15, 0.2) is 0 Å². The van der Waals surface area contributed by atoms with Crippen LogP contribution in [0.4, 0.5) is 0 Å². The van der Waals surface area contributed by atoms with Crippen molar-refractivity contribution in [2.75, 3.05) is 0 Å². The molecule has 1 heteroatoms. The SMILES string of the molecule is CC1CCC(C(C)C)C(=N)C1. The van der Waals surface area contributed by atoms with Crippen LogP contribution in [-0.2, 0) is 0 Å². The van der Waals surface area contributed by atoms with Crippen LogP contribution in [0, 0.1) is 23.2 Å². The van der Waals surface area contributed by atoms with E-state index in [1.165, 1.54) is 12.8 Å². The molecule has 64 valence electrons. The third-order valence-corrected chi connectivity index (χ3v) is 2.79. The maximum Gasteiger partial charge on any atom is 0.0125 e. The summed E-state index contributed by atoms with van der Waals surface area (Å²) >= 11 is 0. The van der Waals surface area contributed by atoms with Crippen LogP contribution in [0.5, 0.6) is 0 Å². The van der Waals surface area contributed by atoms with Crippen LogP contribution in [0.3, 0.4) is 0 Å². The van der Waals surface area contributed by atoms with E-state index >= 15 is 0 Å². The lowest BCUT2D eigenvalue weighted by Gasteiger charge is -2.29. The molecular formula is C10H19N. The zero-order valence-electron chi connectivity index (χ0n) is 7.85. The average Bonchev–Trinajstić information content (AvgIpc) is 1.85. The standard InChI is InChI=1S/C10H19N/c1-7(2)9-5-4-8(3)6-10(9)11/h7-9,11H,4-6H2,1-3H3. The molecule has 1 aliphatic carbocycles. The van der Waals surface area contributed by atoms with E-state index in [1.807, 2.05) is 0 Å². The lowest BCUT2D eigenvalue weighted by Crippen LogP contribution is -2.26. The van der Waals surface area contributed by atoms with Crippen LogP contribution in [0.1, 0.15) is 40.0 Å². The molecule has 0 heterocycles. The number of nitrogens with one attached hydrogen (secondary N) is 1. The van der Waals surface area contributed by atoms with Gasteiger partial charge in [0.25, 0.3) is 0 Å². The van der Waals surface area contributed by atoms with Gasteiger partial charge >= 0.3 is 0 Å². The highest BCUT2D eigenvalue weighted by atomic mass is 14.5. The van der Waals surface area contributed by atoms with Gasteiger partial charge in [-0.25, -0.2) is 0 Å². The largest absolute Gasteiger partial charge is 0.309 e. The van der Waals surface area contributed by atoms with Gasteiger partial charge in [-0.2, -0.15) is 0 Å². The zero-order chi connectivity index (χ0) is 8.43. The molecule has 0 bridgehead atoms. The van der Waals surface area contributed by atoms with E-state index in [0.29, 0.717) is 11.8 Å². The Morgan fingerprint density at radius 2 is 2.00 bits per heavy atom. The lowest BCUT2D eigenvalue weighted by atomic mass is 9.76. The molecule has 0 aromatic heterocycles. The quantitative estimate of drug-likeness (QED) is 0.598. The van der Waals surface area contributed by atoms with Gasteiger partial charge in [0.15, 0.2) is 0 Å². The van der Waals surface area contributed by atoms with E-state index in [2.05, 4.69) is 20.8 Å². The van der Waals surface area contributed by atoms with Crippen molar-refractivity contribution in [3.05, 3.63) is 0 Å². The van der Waals surface area contributed by atoms with Crippen LogP contribution >= 0.6 is 0 Å². The highest BCUT2D eigenvalue weighted by Gasteiger charge is 2.25. The first-order valence-corrected chi connectivity index (χ1v) is 4.68. The van der Waals surface area contributed by atoms with Crippen molar-refractivity contribution < 1.29 is 0 Å². The molecule has 2 atom stereocenters. The Labute approximate surface area is 69.7 Å². The van der Waals surface area contributed by atoms with Crippen LogP contribution in [0.25, 0.3) is 0 Å². The van der Waals surface area contributed by atoms with Gasteiger partial charge in [-0.3, -0.25) is 0 Å². The van der Waals surface area contributed by atoms with E-state index in [4.69, 9.17) is 5.41 Å². The molecule has 0 aromatic carbocycles. The van der Waals surface area contributed by atoms with Crippen molar-refractivity contribution in [1.82, 2.24) is 0 Å². The maximum atomic E-state index is 7.81. The van der Waals surface area contributed by atoms with Gasteiger partial charge < -0.3 is 5.41 Å². The van der Waals surface area contributed by atoms with Crippen molar-refractivity contribution >= 4 is 5.71 Å². The minimum absolute atomic E-state index is 0.589. The van der Waals surface area contributed by atoms with Gasteiger partial charge in [0.05, 0.1) is 0 Å². The van der Waals surface area contributed by atoms with Crippen molar-refractivity contribution in [3.63, 3.8) is 0 Å². The Morgan fingerprint density at radius 3 is 2.45 bits per heavy atom. The van der Waals surface area contributed by atoms with Gasteiger partial charge in [-0.05, 0) is 37.0 Å². The molecule has 1 saturated carbocycles. The van der Waals surface area contributed by atoms with Gasteiger partial charge in [0.1, 0.15) is 0 Å². The summed E-state index contributed by atoms with van der Waals surface area (Å²) in [6.07, 6.45) is 3.62. The third-order valence-electron chi connectivity index (χ3n) is 2.79. The topological polar surface area (TPSA) is 23.9 Å². The summed E-state index contributed by atoms with van der Waals surface area (Å²) in [4.78, 5) is 0. The molecule has 1 aliphatic rings. The molecule has 1 rings (SSSR count). The minimum Gasteiger partial charge on any atom is -0.309 e. The van der Waals surface area contributed by atoms with Gasteiger partial charge in [-0.1, -0.05) is 20.8 Å². The molecule has 0 radical (unpaired) electrons. The first kappa shape index (κ1) is 8.76. The fourth-order valence-corrected chi connectivity index (χ4v) is 2.00. The van der Waals surface area contributed by atoms with Crippen molar-refractivity contribution in [1.29, 1.82) is 5.41 Å². The summed E-state index contributed by atoms with van der Waals surface area (Å²) in [7, 11) is 0. The summed E-state index contributed by atoms with van der Waals surface area (Å²) < 4.78 is 0. The Hall–Kier alpha value is -0.330. The maximum absolute atomic E-state index is 7.81. The highest BCUT2D eigenvalue weighted by Crippen LogP contribution is 2.30. The van der Waals surface area contributed by atoms with Crippen LogP contribution < -0.4 is 0 Å². The Balaban J connectivity index is 2.51. The molecule has 1 nitrogen and oxygen atoms in total. The predicted molar refractivity (Wildman–Crippen MR) is 49.1 cm³/mol. The Bertz CT molecular complexity index is 149. The predicted octanol–water partition coefficient (Wildman–Crippen LogP) is 3.10. The Morgan fingerprint density at radius 1 is 1.36 bits per heavy atom. The summed E-state index contributed by atoms with van der Waals surface area (Å²) in [5, 5.41) is 7.81. The molecule has 0 amide bonds. The smallest absolute Gasteiger partial charge is 0.0125 e. The monoisotopic (exact) mass is 153 g/mol. The summed E-state index contributed by atoms with van der Waals surface area (Å²) in [6.45, 7) is 6.72. The van der Waals surface area contributed by atoms with Gasteiger partial charge in [-0.15, -0.1) is 0 Å². The summed E-state index contributed by atoms with van der Waals surface area (Å²) in [6, 6.07) is 0. The fourth-order valence-electron chi connectivity index (χ4n) is 2.00. The van der Waals surface area contributed by atoms with E-state index in [9.17, 15) is 0 Å². The third kappa shape index (κ3) is 2.05. The number of rotatable bonds is 1. The van der Waals surface area contributed by atoms with Crippen molar-refractivity contribution in [2.45, 2.75) is 40.0 Å². The van der Waals surface area contributed by atoms with E-state index < -0.39 is 0 Å². The van der Waals surface area contributed by atoms with E-state index in [1.54, 1.807) is 0 Å². The normalized spacial score (nSPS) is 32.9. The molecule has 0 spiro atoms. The van der Waals surface area contributed by atoms with E-state index in [-0.39, 0.29) is 0 Å². The molecule has 1 fully saturated rings. The zero-order valence-corrected chi connectivity index (χ0v) is 7.85. The average molecular weight is 153 g/mol. The first-order chi connectivity index (χ1) is 5.11. The first-order valence-electron chi connectivity index (χ1n) is 4.68. The molecule has 0 saturated heterocycles. The molecule has 1 N–H and O–H groups in total. The van der Waals surface area contributed by atoms with Crippen molar-refractivity contribution in [3.8, 4) is 0 Å². The highest BCUT2D eigenvalue weighted by molar-refractivity contribution is 5.84. The second-order valence-corrected chi connectivity index (χ2v) is 4.26. The van der Waals surface area contributed by atoms with Gasteiger partial charge in [0, 0.05) is 5.71 Å². The summed E-state index contributed by atoms with van der Waals surface area (Å²) in [5.41, 5.74) is 0.999. The van der Waals surface area contributed by atoms with Gasteiger partial charge in [0.2, 0.25) is 0 Å². The number of hydrogen-bond acceptors (Lipinski definition) is 1. The molecule has 0 aromatic rings. The van der Waals surface area contributed by atoms with Crippen LogP contribution in [0.2, 0.25) is 0 Å². The molecule has 11 heavy (non-hydrogen) atoms.